The number of anilines is 1. The SMILES string of the molecule is C=CCN(C(=O)[C@@H]1N([C@@H](CC)CO)C(=O)[C@H]2[C@H](C(=O)O)[C@@H]3CC[C@]12O3)c1c(C)cccc1C. The van der Waals surface area contributed by atoms with Gasteiger partial charge in [-0.3, -0.25) is 14.4 Å². The molecule has 33 heavy (non-hydrogen) atoms. The van der Waals surface area contributed by atoms with Gasteiger partial charge in [0.05, 0.1) is 30.6 Å². The Bertz CT molecular complexity index is 969. The molecule has 0 radical (unpaired) electrons. The Morgan fingerprint density at radius 1 is 1.36 bits per heavy atom. The Morgan fingerprint density at radius 3 is 2.58 bits per heavy atom. The fourth-order valence-electron chi connectivity index (χ4n) is 6.26. The van der Waals surface area contributed by atoms with Crippen LogP contribution in [0.3, 0.4) is 0 Å². The Hall–Kier alpha value is -2.71. The average molecular weight is 457 g/mol. The minimum atomic E-state index is -1.21. The molecule has 6 atom stereocenters. The number of aliphatic hydroxyl groups excluding tert-OH is 1. The third-order valence-corrected chi connectivity index (χ3v) is 7.62. The number of carboxylic acid groups (broad SMARTS) is 1. The molecule has 2 amide bonds. The predicted octanol–water partition coefficient (Wildman–Crippen LogP) is 2.05. The number of aryl methyl sites for hydroxylation is 2. The lowest BCUT2D eigenvalue weighted by molar-refractivity contribution is -0.151. The highest BCUT2D eigenvalue weighted by molar-refractivity contribution is 6.05. The van der Waals surface area contributed by atoms with Gasteiger partial charge >= 0.3 is 5.97 Å². The standard InChI is InChI=1S/C25H32N2O6/c1-5-12-26(20-14(3)8-7-9-15(20)4)23(30)21-25-11-10-17(33-25)18(24(31)32)19(25)22(29)27(21)16(6-2)13-28/h5,7-9,16-19,21,28H,1,6,10-13H2,2-4H3,(H,31,32)/t16-,17-,18+,19+,21-,25+/m0/s1. The molecule has 2 bridgehead atoms. The van der Waals surface area contributed by atoms with Gasteiger partial charge in [0.2, 0.25) is 5.91 Å². The number of ether oxygens (including phenoxy) is 1. The minimum Gasteiger partial charge on any atom is -0.481 e. The highest BCUT2D eigenvalue weighted by Crippen LogP contribution is 2.59. The third kappa shape index (κ3) is 3.30. The number of carbonyl (C=O) groups excluding carboxylic acids is 2. The summed E-state index contributed by atoms with van der Waals surface area (Å²) in [6, 6.07) is 4.14. The summed E-state index contributed by atoms with van der Waals surface area (Å²) in [6.07, 6.45) is 2.40. The number of aliphatic hydroxyl groups is 1. The van der Waals surface area contributed by atoms with Gasteiger partial charge in [-0.2, -0.15) is 0 Å². The van der Waals surface area contributed by atoms with Crippen LogP contribution in [0.15, 0.2) is 30.9 Å². The number of likely N-dealkylation sites (tertiary alicyclic amines) is 1. The molecule has 2 N–H and O–H groups in total. The van der Waals surface area contributed by atoms with E-state index in [1.807, 2.05) is 39.0 Å². The lowest BCUT2D eigenvalue weighted by Crippen LogP contribution is -2.59. The quantitative estimate of drug-likeness (QED) is 0.580. The Morgan fingerprint density at radius 2 is 2.03 bits per heavy atom. The van der Waals surface area contributed by atoms with E-state index < -0.39 is 47.5 Å². The van der Waals surface area contributed by atoms with Gasteiger partial charge < -0.3 is 24.7 Å². The van der Waals surface area contributed by atoms with Crippen molar-refractivity contribution in [1.29, 1.82) is 0 Å². The summed E-state index contributed by atoms with van der Waals surface area (Å²) in [7, 11) is 0. The van der Waals surface area contributed by atoms with Crippen LogP contribution in [0.2, 0.25) is 0 Å². The molecule has 3 aliphatic heterocycles. The maximum atomic E-state index is 14.3. The zero-order valence-corrected chi connectivity index (χ0v) is 19.4. The largest absolute Gasteiger partial charge is 0.481 e. The van der Waals surface area contributed by atoms with Crippen molar-refractivity contribution in [2.24, 2.45) is 11.8 Å². The Labute approximate surface area is 193 Å². The van der Waals surface area contributed by atoms with Crippen molar-refractivity contribution in [2.75, 3.05) is 18.1 Å². The van der Waals surface area contributed by atoms with Crippen molar-refractivity contribution >= 4 is 23.5 Å². The Balaban J connectivity index is 1.86. The molecule has 3 saturated heterocycles. The van der Waals surface area contributed by atoms with Crippen LogP contribution < -0.4 is 4.90 Å². The van der Waals surface area contributed by atoms with Gasteiger partial charge in [0.1, 0.15) is 11.6 Å². The third-order valence-electron chi connectivity index (χ3n) is 7.62. The molecule has 4 rings (SSSR count). The molecule has 1 aromatic rings. The molecular weight excluding hydrogens is 424 g/mol. The van der Waals surface area contributed by atoms with Crippen LogP contribution in [0.4, 0.5) is 5.69 Å². The highest BCUT2D eigenvalue weighted by atomic mass is 16.5. The summed E-state index contributed by atoms with van der Waals surface area (Å²) in [4.78, 5) is 43.2. The van der Waals surface area contributed by atoms with Crippen molar-refractivity contribution in [3.8, 4) is 0 Å². The predicted molar refractivity (Wildman–Crippen MR) is 122 cm³/mol. The molecule has 3 fully saturated rings. The van der Waals surface area contributed by atoms with E-state index in [2.05, 4.69) is 6.58 Å². The van der Waals surface area contributed by atoms with Crippen LogP contribution in [-0.4, -0.2) is 69.8 Å². The summed E-state index contributed by atoms with van der Waals surface area (Å²) in [6.45, 7) is 9.41. The molecule has 1 aromatic carbocycles. The summed E-state index contributed by atoms with van der Waals surface area (Å²) in [5, 5.41) is 20.0. The van der Waals surface area contributed by atoms with E-state index in [0.717, 1.165) is 16.8 Å². The first kappa shape index (κ1) is 23.4. The van der Waals surface area contributed by atoms with E-state index in [9.17, 15) is 24.6 Å². The van der Waals surface area contributed by atoms with Gasteiger partial charge in [-0.05, 0) is 44.2 Å². The summed E-state index contributed by atoms with van der Waals surface area (Å²) >= 11 is 0. The van der Waals surface area contributed by atoms with Crippen LogP contribution in [0.1, 0.15) is 37.3 Å². The van der Waals surface area contributed by atoms with Gasteiger partial charge in [-0.15, -0.1) is 6.58 Å². The number of hydrogen-bond acceptors (Lipinski definition) is 5. The monoisotopic (exact) mass is 456 g/mol. The average Bonchev–Trinajstić information content (AvgIpc) is 3.41. The van der Waals surface area contributed by atoms with Crippen LogP contribution in [0.5, 0.6) is 0 Å². The summed E-state index contributed by atoms with van der Waals surface area (Å²) in [5.41, 5.74) is 1.35. The second-order valence-electron chi connectivity index (χ2n) is 9.36. The number of benzene rings is 1. The second-order valence-corrected chi connectivity index (χ2v) is 9.36. The zero-order chi connectivity index (χ0) is 24.1. The molecule has 0 saturated carbocycles. The van der Waals surface area contributed by atoms with E-state index in [1.165, 1.54) is 4.90 Å². The van der Waals surface area contributed by atoms with Crippen LogP contribution in [-0.2, 0) is 19.1 Å². The fraction of sp³-hybridized carbons (Fsp3) is 0.560. The van der Waals surface area contributed by atoms with Crippen molar-refractivity contribution < 1.29 is 29.3 Å². The van der Waals surface area contributed by atoms with Crippen LogP contribution >= 0.6 is 0 Å². The van der Waals surface area contributed by atoms with Gasteiger partial charge in [-0.25, -0.2) is 0 Å². The molecule has 3 aliphatic rings. The minimum absolute atomic E-state index is 0.228. The number of rotatable bonds is 8. The van der Waals surface area contributed by atoms with Gasteiger partial charge in [-0.1, -0.05) is 31.2 Å². The number of hydrogen-bond donors (Lipinski definition) is 2. The summed E-state index contributed by atoms with van der Waals surface area (Å²) in [5.74, 6) is -3.75. The fourth-order valence-corrected chi connectivity index (χ4v) is 6.26. The molecular formula is C25H32N2O6. The van der Waals surface area contributed by atoms with E-state index in [0.29, 0.717) is 19.3 Å². The van der Waals surface area contributed by atoms with Crippen molar-refractivity contribution in [1.82, 2.24) is 4.90 Å². The number of carboxylic acids is 1. The highest BCUT2D eigenvalue weighted by Gasteiger charge is 2.75. The van der Waals surface area contributed by atoms with Gasteiger partial charge in [0.15, 0.2) is 0 Å². The number of aliphatic carboxylic acids is 1. The maximum absolute atomic E-state index is 14.3. The first-order valence-corrected chi connectivity index (χ1v) is 11.6. The molecule has 3 heterocycles. The van der Waals surface area contributed by atoms with Crippen molar-refractivity contribution in [3.05, 3.63) is 42.0 Å². The van der Waals surface area contributed by atoms with Crippen molar-refractivity contribution in [2.45, 2.75) is 63.8 Å². The lowest BCUT2D eigenvalue weighted by Gasteiger charge is -2.39. The van der Waals surface area contributed by atoms with Gasteiger partial charge in [0, 0.05) is 12.2 Å². The molecule has 178 valence electrons. The lowest BCUT2D eigenvalue weighted by atomic mass is 9.70. The summed E-state index contributed by atoms with van der Waals surface area (Å²) < 4.78 is 6.26. The molecule has 8 heteroatoms. The van der Waals surface area contributed by atoms with E-state index in [1.54, 1.807) is 11.0 Å². The smallest absolute Gasteiger partial charge is 0.310 e. The van der Waals surface area contributed by atoms with Gasteiger partial charge in [0.25, 0.3) is 5.91 Å². The number of fused-ring (bicyclic) bond motifs is 1. The molecule has 1 spiro atoms. The van der Waals surface area contributed by atoms with E-state index in [-0.39, 0.29) is 19.1 Å². The molecule has 0 unspecified atom stereocenters. The first-order valence-electron chi connectivity index (χ1n) is 11.6. The zero-order valence-electron chi connectivity index (χ0n) is 19.4. The second kappa shape index (κ2) is 8.57. The number of para-hydroxylation sites is 1. The molecule has 0 aromatic heterocycles. The van der Waals surface area contributed by atoms with Crippen molar-refractivity contribution in [3.63, 3.8) is 0 Å². The normalized spacial score (nSPS) is 30.9. The Kier molecular flexibility index (Phi) is 6.09. The number of carbonyl (C=O) groups is 3. The topological polar surface area (TPSA) is 107 Å². The van der Waals surface area contributed by atoms with E-state index >= 15 is 0 Å². The molecule has 0 aliphatic carbocycles. The number of nitrogens with zero attached hydrogens (tertiary/aromatic N) is 2. The number of amides is 2. The molecule has 8 nitrogen and oxygen atoms in total. The van der Waals surface area contributed by atoms with E-state index in [4.69, 9.17) is 4.74 Å². The van der Waals surface area contributed by atoms with Crippen LogP contribution in [0, 0.1) is 25.7 Å². The maximum Gasteiger partial charge on any atom is 0.310 e. The van der Waals surface area contributed by atoms with Crippen LogP contribution in [0.25, 0.3) is 0 Å². The first-order chi connectivity index (χ1) is 15.7.